The van der Waals surface area contributed by atoms with Crippen LogP contribution in [-0.4, -0.2) is 111 Å². The molecule has 0 fully saturated rings. The molecule has 2 atom stereocenters. The molecule has 2 aliphatic heterocycles. The third-order valence-electron chi connectivity index (χ3n) is 5.28. The van der Waals surface area contributed by atoms with E-state index in [1.807, 2.05) is 0 Å². The maximum absolute atomic E-state index is 5.67. The number of hydrogen-bond acceptors (Lipinski definition) is 11. The molecule has 0 spiro atoms. The van der Waals surface area contributed by atoms with Gasteiger partial charge in [0.05, 0.1) is 0 Å². The van der Waals surface area contributed by atoms with E-state index in [0.29, 0.717) is 0 Å². The second kappa shape index (κ2) is 10.1. The number of nitrogens with one attached hydrogen (secondary N) is 1. The number of rotatable bonds is 10. The normalized spacial score (nSPS) is 29.8. The van der Waals surface area contributed by atoms with Crippen molar-refractivity contribution in [3.8, 4) is 0 Å². The third-order valence-corrected chi connectivity index (χ3v) is 22.2. The smallest absolute Gasteiger partial charge is 0.227 e. The largest absolute Gasteiger partial charge is 0.253 e. The molecule has 0 saturated carbocycles. The van der Waals surface area contributed by atoms with Crippen LogP contribution in [0.3, 0.4) is 0 Å². The molecule has 11 nitrogen and oxygen atoms in total. The Bertz CT molecular complexity index is 837. The Morgan fingerprint density at radius 2 is 1.10 bits per heavy atom. The van der Waals surface area contributed by atoms with Crippen LogP contribution in [0.5, 0.6) is 0 Å². The third kappa shape index (κ3) is 4.51. The summed E-state index contributed by atoms with van der Waals surface area (Å²) >= 11 is 0. The van der Waals surface area contributed by atoms with Crippen LogP contribution in [0.2, 0.25) is 0 Å². The van der Waals surface area contributed by atoms with Crippen molar-refractivity contribution in [3.05, 3.63) is 0 Å². The Labute approximate surface area is 191 Å². The summed E-state index contributed by atoms with van der Waals surface area (Å²) in [7, 11) is 11.4. The van der Waals surface area contributed by atoms with E-state index in [0.717, 1.165) is 25.9 Å². The fourth-order valence-corrected chi connectivity index (χ4v) is 26.0. The van der Waals surface area contributed by atoms with Crippen molar-refractivity contribution in [2.45, 2.75) is 26.7 Å². The lowest BCUT2D eigenvalue weighted by molar-refractivity contribution is 0.529. The van der Waals surface area contributed by atoms with Crippen molar-refractivity contribution in [3.63, 3.8) is 0 Å². The highest BCUT2D eigenvalue weighted by Gasteiger charge is 2.54. The number of fused-ring (bicyclic) bond motifs is 2. The molecule has 0 aromatic heterocycles. The van der Waals surface area contributed by atoms with Gasteiger partial charge >= 0.3 is 0 Å². The Kier molecular flexibility index (Phi) is 9.08. The fraction of sp³-hybridized carbons (Fsp3) is 1.00. The second-order valence-corrected chi connectivity index (χ2v) is 21.6. The highest BCUT2D eigenvalue weighted by Crippen LogP contribution is 2.90. The number of nitrogens with zero attached hydrogens (tertiary/aromatic N) is 10. The highest BCUT2D eigenvalue weighted by molar-refractivity contribution is 7.91. The Balaban J connectivity index is 3.19. The minimum Gasteiger partial charge on any atom is -0.253 e. The van der Waals surface area contributed by atoms with Gasteiger partial charge in [0.25, 0.3) is 0 Å². The Morgan fingerprint density at radius 1 is 0.613 bits per heavy atom. The minimum absolute atomic E-state index is 0.871. The van der Waals surface area contributed by atoms with Crippen LogP contribution >= 0.6 is 30.0 Å². The van der Waals surface area contributed by atoms with Gasteiger partial charge < -0.3 is 0 Å². The topological polar surface area (TPSA) is 80.9 Å². The van der Waals surface area contributed by atoms with E-state index in [-0.39, 0.29) is 0 Å². The summed E-state index contributed by atoms with van der Waals surface area (Å²) in [6.45, 7) is 6.16. The van der Waals surface area contributed by atoms with Crippen molar-refractivity contribution >= 4 is 30.0 Å². The van der Waals surface area contributed by atoms with Gasteiger partial charge in [-0.2, -0.15) is 22.5 Å². The summed E-state index contributed by atoms with van der Waals surface area (Å²) in [6.07, 6.45) is 2.03. The van der Waals surface area contributed by atoms with Crippen molar-refractivity contribution in [2.24, 2.45) is 18.1 Å². The van der Waals surface area contributed by atoms with Crippen molar-refractivity contribution in [2.75, 3.05) is 83.6 Å². The molecule has 0 saturated heterocycles. The monoisotopic (exact) mass is 515 g/mol. The summed E-state index contributed by atoms with van der Waals surface area (Å²) in [5.74, 6) is 0. The van der Waals surface area contributed by atoms with Crippen LogP contribution in [0.4, 0.5) is 0 Å². The van der Waals surface area contributed by atoms with Gasteiger partial charge in [0, 0.05) is 13.1 Å². The molecule has 0 aromatic rings. The number of hydrogen-bond donors (Lipinski definition) is 1. The summed E-state index contributed by atoms with van der Waals surface area (Å²) in [5, 5.41) is 3.89. The SMILES string of the molecule is CCCNP12=NP(N(C)C)(N(C)C)=NP(N(C)C)(=NP(N(C)C)(N(C)C)=N1)N2CCC. The lowest BCUT2D eigenvalue weighted by Gasteiger charge is -2.54. The highest BCUT2D eigenvalue weighted by atomic mass is 31.3. The molecule has 184 valence electrons. The van der Waals surface area contributed by atoms with Gasteiger partial charge in [-0.3, -0.25) is 5.09 Å². The molecule has 2 heterocycles. The first-order chi connectivity index (χ1) is 14.3. The van der Waals surface area contributed by atoms with E-state index in [4.69, 9.17) is 18.1 Å². The zero-order valence-corrected chi connectivity index (χ0v) is 25.2. The minimum atomic E-state index is -2.48. The summed E-state index contributed by atoms with van der Waals surface area (Å²) < 4.78 is 36.2. The molecule has 2 aliphatic rings. The molecule has 0 aromatic carbocycles. The van der Waals surface area contributed by atoms with E-state index in [9.17, 15) is 0 Å². The van der Waals surface area contributed by atoms with Crippen LogP contribution in [0, 0.1) is 0 Å². The molecule has 2 rings (SSSR count). The van der Waals surface area contributed by atoms with E-state index in [1.165, 1.54) is 0 Å². The lowest BCUT2D eigenvalue weighted by Crippen LogP contribution is -2.37. The van der Waals surface area contributed by atoms with E-state index in [2.05, 4.69) is 117 Å². The molecular weight excluding hydrogens is 470 g/mol. The quantitative estimate of drug-likeness (QED) is 0.395. The fourth-order valence-electron chi connectivity index (χ4n) is 3.68. The molecule has 0 radical (unpaired) electrons. The molecule has 1 N–H and O–H groups in total. The zero-order valence-electron chi connectivity index (χ0n) is 21.6. The zero-order chi connectivity index (χ0) is 23.8. The van der Waals surface area contributed by atoms with Gasteiger partial charge in [0.15, 0.2) is 0 Å². The average molecular weight is 516 g/mol. The first-order valence-electron chi connectivity index (χ1n) is 10.8. The van der Waals surface area contributed by atoms with E-state index >= 15 is 0 Å². The van der Waals surface area contributed by atoms with Crippen LogP contribution in [0.25, 0.3) is 0 Å². The summed E-state index contributed by atoms with van der Waals surface area (Å²) in [4.78, 5) is 0. The van der Waals surface area contributed by atoms with Crippen molar-refractivity contribution in [1.82, 2.24) is 32.9 Å². The van der Waals surface area contributed by atoms with Gasteiger partial charge in [-0.05, 0) is 83.3 Å². The average Bonchev–Trinajstić information content (AvgIpc) is 2.66. The molecular formula is C16H45N11P4. The predicted molar refractivity (Wildman–Crippen MR) is 141 cm³/mol. The lowest BCUT2D eigenvalue weighted by atomic mass is 10.5. The standard InChI is InChI=1S/C16H45N11P4/c1-13-15-17-28-18-29(22(3)4,23(5)6)20-31(26(11)12,27(28)16-14-2)21-30(19-28,24(7)8)25(9)10/h17H,13-16H2,1-12H3. The van der Waals surface area contributed by atoms with Crippen LogP contribution in [0.1, 0.15) is 26.7 Å². The van der Waals surface area contributed by atoms with Gasteiger partial charge in [0.2, 0.25) is 30.0 Å². The van der Waals surface area contributed by atoms with Gasteiger partial charge in [-0.25, -0.2) is 23.4 Å². The maximum atomic E-state index is 5.67. The van der Waals surface area contributed by atoms with Crippen LogP contribution in [0.15, 0.2) is 18.1 Å². The second-order valence-electron chi connectivity index (χ2n) is 8.78. The van der Waals surface area contributed by atoms with Crippen molar-refractivity contribution < 1.29 is 0 Å². The molecule has 2 unspecified atom stereocenters. The molecule has 31 heavy (non-hydrogen) atoms. The molecule has 0 amide bonds. The predicted octanol–water partition coefficient (Wildman–Crippen LogP) is 5.32. The summed E-state index contributed by atoms with van der Waals surface area (Å²) in [6, 6.07) is 0. The Morgan fingerprint density at radius 3 is 1.48 bits per heavy atom. The summed E-state index contributed by atoms with van der Waals surface area (Å²) in [5.41, 5.74) is 0. The first kappa shape index (κ1) is 27.9. The van der Waals surface area contributed by atoms with Crippen molar-refractivity contribution in [1.29, 1.82) is 0 Å². The van der Waals surface area contributed by atoms with Crippen LogP contribution in [-0.2, 0) is 0 Å². The van der Waals surface area contributed by atoms with Gasteiger partial charge in [-0.1, -0.05) is 13.8 Å². The van der Waals surface area contributed by atoms with E-state index < -0.39 is 30.0 Å². The van der Waals surface area contributed by atoms with Gasteiger partial charge in [-0.15, -0.1) is 0 Å². The van der Waals surface area contributed by atoms with E-state index in [1.54, 1.807) is 0 Å². The molecule has 0 aliphatic carbocycles. The molecule has 2 bridgehead atoms. The maximum Gasteiger partial charge on any atom is 0.227 e. The first-order valence-corrected chi connectivity index (χ1v) is 17.2. The van der Waals surface area contributed by atoms with Crippen LogP contribution < -0.4 is 5.09 Å². The Hall–Kier alpha value is 0.640. The van der Waals surface area contributed by atoms with Gasteiger partial charge in [0.1, 0.15) is 0 Å². The molecule has 15 heteroatoms.